The lowest BCUT2D eigenvalue weighted by Crippen LogP contribution is -2.14. The van der Waals surface area contributed by atoms with Crippen molar-refractivity contribution in [2.45, 2.75) is 4.90 Å². The second-order valence-corrected chi connectivity index (χ2v) is 7.55. The molecule has 0 aliphatic heterocycles. The van der Waals surface area contributed by atoms with Crippen molar-refractivity contribution < 1.29 is 8.42 Å². The van der Waals surface area contributed by atoms with Crippen LogP contribution >= 0.6 is 31.9 Å². The van der Waals surface area contributed by atoms with E-state index >= 15 is 0 Å². The van der Waals surface area contributed by atoms with Crippen LogP contribution in [0.25, 0.3) is 0 Å². The summed E-state index contributed by atoms with van der Waals surface area (Å²) in [4.78, 5) is 0.0516. The topological polar surface area (TPSA) is 96.0 Å². The lowest BCUT2D eigenvalue weighted by molar-refractivity contribution is 0.601. The summed E-state index contributed by atoms with van der Waals surface area (Å²) < 4.78 is 28.3. The summed E-state index contributed by atoms with van der Waals surface area (Å²) in [7, 11) is -3.78. The van der Waals surface area contributed by atoms with Crippen LogP contribution in [0, 0.1) is 11.3 Å². The van der Waals surface area contributed by atoms with Crippen molar-refractivity contribution in [1.82, 2.24) is 0 Å². The summed E-state index contributed by atoms with van der Waals surface area (Å²) in [5.74, 6) is 0. The van der Waals surface area contributed by atoms with Crippen molar-refractivity contribution in [3.05, 3.63) is 50.9 Å². The second kappa shape index (κ2) is 6.05. The molecule has 8 heteroatoms. The van der Waals surface area contributed by atoms with Gasteiger partial charge in [0.25, 0.3) is 10.0 Å². The Morgan fingerprint density at radius 3 is 2.29 bits per heavy atom. The van der Waals surface area contributed by atoms with Crippen LogP contribution in [0.2, 0.25) is 0 Å². The highest BCUT2D eigenvalue weighted by molar-refractivity contribution is 9.11. The fourth-order valence-electron chi connectivity index (χ4n) is 1.60. The first-order valence-electron chi connectivity index (χ1n) is 5.61. The number of anilines is 2. The van der Waals surface area contributed by atoms with Gasteiger partial charge in [-0.05, 0) is 52.3 Å². The Balaban J connectivity index is 2.40. The third kappa shape index (κ3) is 3.56. The van der Waals surface area contributed by atoms with Crippen molar-refractivity contribution >= 4 is 53.3 Å². The van der Waals surface area contributed by atoms with E-state index in [0.29, 0.717) is 10.0 Å². The third-order valence-corrected chi connectivity index (χ3v) is 5.06. The molecule has 0 saturated carbocycles. The second-order valence-electron chi connectivity index (χ2n) is 4.09. The molecule has 108 valence electrons. The Morgan fingerprint density at radius 2 is 1.76 bits per heavy atom. The predicted octanol–water partition coefficient (Wildman–Crippen LogP) is 3.47. The maximum atomic E-state index is 12.3. The average molecular weight is 431 g/mol. The van der Waals surface area contributed by atoms with Crippen molar-refractivity contribution in [3.8, 4) is 6.07 Å². The molecule has 0 bridgehead atoms. The zero-order valence-electron chi connectivity index (χ0n) is 10.5. The van der Waals surface area contributed by atoms with Crippen molar-refractivity contribution in [2.24, 2.45) is 0 Å². The van der Waals surface area contributed by atoms with Gasteiger partial charge in [-0.1, -0.05) is 15.9 Å². The Labute approximate surface area is 139 Å². The normalized spacial score (nSPS) is 10.9. The van der Waals surface area contributed by atoms with Gasteiger partial charge in [-0.25, -0.2) is 8.42 Å². The van der Waals surface area contributed by atoms with Gasteiger partial charge in [0.2, 0.25) is 0 Å². The molecule has 0 saturated heterocycles. The van der Waals surface area contributed by atoms with E-state index in [1.54, 1.807) is 12.1 Å². The lowest BCUT2D eigenvalue weighted by atomic mass is 10.2. The average Bonchev–Trinajstić information content (AvgIpc) is 2.43. The highest BCUT2D eigenvalue weighted by Crippen LogP contribution is 2.34. The zero-order chi connectivity index (χ0) is 15.6. The molecular weight excluding hydrogens is 422 g/mol. The van der Waals surface area contributed by atoms with Crippen LogP contribution in [0.4, 0.5) is 11.4 Å². The minimum atomic E-state index is -3.78. The maximum Gasteiger partial charge on any atom is 0.261 e. The molecule has 0 fully saturated rings. The fourth-order valence-corrected chi connectivity index (χ4v) is 4.20. The first kappa shape index (κ1) is 15.8. The van der Waals surface area contributed by atoms with Crippen LogP contribution in [0.15, 0.2) is 50.2 Å². The van der Waals surface area contributed by atoms with Gasteiger partial charge in [0.05, 0.1) is 27.9 Å². The quantitative estimate of drug-likeness (QED) is 0.728. The van der Waals surface area contributed by atoms with Gasteiger partial charge < -0.3 is 5.73 Å². The van der Waals surface area contributed by atoms with Gasteiger partial charge in [0.1, 0.15) is 0 Å². The highest BCUT2D eigenvalue weighted by atomic mass is 79.9. The number of rotatable bonds is 3. The minimum absolute atomic E-state index is 0.0516. The third-order valence-electron chi connectivity index (χ3n) is 2.62. The highest BCUT2D eigenvalue weighted by Gasteiger charge is 2.17. The van der Waals surface area contributed by atoms with E-state index < -0.39 is 10.0 Å². The van der Waals surface area contributed by atoms with Gasteiger partial charge in [-0.3, -0.25) is 4.72 Å². The Morgan fingerprint density at radius 1 is 1.14 bits per heavy atom. The summed E-state index contributed by atoms with van der Waals surface area (Å²) in [5.41, 5.74) is 6.76. The van der Waals surface area contributed by atoms with E-state index in [4.69, 9.17) is 11.0 Å². The van der Waals surface area contributed by atoms with Gasteiger partial charge in [0, 0.05) is 8.95 Å². The van der Waals surface area contributed by atoms with Crippen LogP contribution in [-0.2, 0) is 10.0 Å². The van der Waals surface area contributed by atoms with Crippen LogP contribution in [0.5, 0.6) is 0 Å². The molecule has 0 heterocycles. The molecule has 0 unspecified atom stereocenters. The van der Waals surface area contributed by atoms with Crippen molar-refractivity contribution in [2.75, 3.05) is 10.5 Å². The monoisotopic (exact) mass is 429 g/mol. The molecule has 0 aromatic heterocycles. The number of nitrogens with zero attached hydrogens (tertiary/aromatic N) is 1. The SMILES string of the molecule is N#Cc1ccc(S(=O)(=O)Nc2c(N)cc(Br)cc2Br)cc1. The molecule has 5 nitrogen and oxygen atoms in total. The maximum absolute atomic E-state index is 12.3. The molecular formula is C13H9Br2N3O2S. The summed E-state index contributed by atoms with van der Waals surface area (Å²) in [6.45, 7) is 0. The summed E-state index contributed by atoms with van der Waals surface area (Å²) >= 11 is 6.54. The van der Waals surface area contributed by atoms with E-state index in [-0.39, 0.29) is 16.3 Å². The number of nitrogens with two attached hydrogens (primary N) is 1. The first-order chi connectivity index (χ1) is 9.83. The van der Waals surface area contributed by atoms with Gasteiger partial charge >= 0.3 is 0 Å². The lowest BCUT2D eigenvalue weighted by Gasteiger charge is -2.12. The Hall–Kier alpha value is -1.56. The first-order valence-corrected chi connectivity index (χ1v) is 8.68. The van der Waals surface area contributed by atoms with E-state index in [1.807, 2.05) is 6.07 Å². The van der Waals surface area contributed by atoms with E-state index in [0.717, 1.165) is 4.47 Å². The van der Waals surface area contributed by atoms with Crippen LogP contribution in [0.3, 0.4) is 0 Å². The number of sulfonamides is 1. The number of nitrogens with one attached hydrogen (secondary N) is 1. The van der Waals surface area contributed by atoms with Crippen LogP contribution in [0.1, 0.15) is 5.56 Å². The van der Waals surface area contributed by atoms with Crippen LogP contribution < -0.4 is 10.5 Å². The number of nitrogen functional groups attached to an aromatic ring is 1. The molecule has 2 aromatic rings. The summed E-state index contributed by atoms with van der Waals surface area (Å²) in [6, 6.07) is 10.8. The number of hydrogen-bond donors (Lipinski definition) is 2. The standard InChI is InChI=1S/C13H9Br2N3O2S/c14-9-5-11(15)13(12(17)6-9)18-21(19,20)10-3-1-8(7-16)2-4-10/h1-6,18H,17H2. The van der Waals surface area contributed by atoms with Gasteiger partial charge in [-0.2, -0.15) is 5.26 Å². The molecule has 0 aliphatic carbocycles. The van der Waals surface area contributed by atoms with Crippen molar-refractivity contribution in [1.29, 1.82) is 5.26 Å². The molecule has 0 spiro atoms. The Bertz CT molecular complexity index is 804. The molecule has 0 radical (unpaired) electrons. The summed E-state index contributed by atoms with van der Waals surface area (Å²) in [5, 5.41) is 8.72. The van der Waals surface area contributed by atoms with Crippen LogP contribution in [-0.4, -0.2) is 8.42 Å². The minimum Gasteiger partial charge on any atom is -0.397 e. The van der Waals surface area contributed by atoms with E-state index in [9.17, 15) is 8.42 Å². The predicted molar refractivity (Wildman–Crippen MR) is 88.2 cm³/mol. The number of nitriles is 1. The molecule has 3 N–H and O–H groups in total. The van der Waals surface area contributed by atoms with E-state index in [2.05, 4.69) is 36.6 Å². The fraction of sp³-hybridized carbons (Fsp3) is 0. The molecule has 21 heavy (non-hydrogen) atoms. The number of benzene rings is 2. The molecule has 0 amide bonds. The summed E-state index contributed by atoms with van der Waals surface area (Å²) in [6.07, 6.45) is 0. The van der Waals surface area contributed by atoms with Gasteiger partial charge in [0.15, 0.2) is 0 Å². The molecule has 2 aromatic carbocycles. The molecule has 0 aliphatic rings. The largest absolute Gasteiger partial charge is 0.397 e. The zero-order valence-corrected chi connectivity index (χ0v) is 14.5. The van der Waals surface area contributed by atoms with E-state index in [1.165, 1.54) is 24.3 Å². The Kier molecular flexibility index (Phi) is 4.56. The number of hydrogen-bond acceptors (Lipinski definition) is 4. The molecule has 2 rings (SSSR count). The smallest absolute Gasteiger partial charge is 0.261 e. The number of halogens is 2. The molecule has 0 atom stereocenters. The van der Waals surface area contributed by atoms with Gasteiger partial charge in [-0.15, -0.1) is 0 Å². The van der Waals surface area contributed by atoms with Crippen molar-refractivity contribution in [3.63, 3.8) is 0 Å².